The zero-order valence-electron chi connectivity index (χ0n) is 7.51. The number of hydrogen-bond donors (Lipinski definition) is 2. The van der Waals surface area contributed by atoms with E-state index in [1.54, 1.807) is 0 Å². The molecule has 3 nitrogen and oxygen atoms in total. The third-order valence-electron chi connectivity index (χ3n) is 2.74. The fourth-order valence-electron chi connectivity index (χ4n) is 1.66. The van der Waals surface area contributed by atoms with Gasteiger partial charge >= 0.3 is 0 Å². The molecule has 2 aliphatic rings. The van der Waals surface area contributed by atoms with E-state index in [1.807, 2.05) is 0 Å². The van der Waals surface area contributed by atoms with Crippen molar-refractivity contribution in [1.82, 2.24) is 10.6 Å². The Morgan fingerprint density at radius 2 is 2.33 bits per heavy atom. The topological polar surface area (TPSA) is 33.3 Å². The molecule has 0 spiro atoms. The molecule has 1 aliphatic carbocycles. The van der Waals surface area contributed by atoms with Crippen LogP contribution < -0.4 is 10.6 Å². The fraction of sp³-hybridized carbons (Fsp3) is 1.00. The smallest absolute Gasteiger partial charge is 0.0824 e. The minimum Gasteiger partial charge on any atom is -0.374 e. The molecule has 0 amide bonds. The lowest BCUT2D eigenvalue weighted by Crippen LogP contribution is -2.47. The van der Waals surface area contributed by atoms with Crippen LogP contribution in [-0.2, 0) is 4.74 Å². The second kappa shape index (κ2) is 4.21. The van der Waals surface area contributed by atoms with Crippen LogP contribution in [0.25, 0.3) is 0 Å². The van der Waals surface area contributed by atoms with Crippen LogP contribution in [-0.4, -0.2) is 38.4 Å². The van der Waals surface area contributed by atoms with Gasteiger partial charge in [-0.3, -0.25) is 0 Å². The van der Waals surface area contributed by atoms with Gasteiger partial charge in [-0.15, -0.1) is 0 Å². The maximum atomic E-state index is 5.57. The van der Waals surface area contributed by atoms with E-state index >= 15 is 0 Å². The van der Waals surface area contributed by atoms with E-state index in [9.17, 15) is 0 Å². The highest BCUT2D eigenvalue weighted by Gasteiger charge is 2.19. The zero-order chi connectivity index (χ0) is 8.23. The van der Waals surface area contributed by atoms with Gasteiger partial charge in [0.2, 0.25) is 0 Å². The van der Waals surface area contributed by atoms with Gasteiger partial charge < -0.3 is 15.4 Å². The first kappa shape index (κ1) is 8.48. The van der Waals surface area contributed by atoms with Gasteiger partial charge in [-0.1, -0.05) is 6.42 Å². The van der Waals surface area contributed by atoms with Crippen molar-refractivity contribution in [3.63, 3.8) is 0 Å². The van der Waals surface area contributed by atoms with Gasteiger partial charge in [-0.2, -0.15) is 0 Å². The summed E-state index contributed by atoms with van der Waals surface area (Å²) in [6.45, 7) is 3.92. The van der Waals surface area contributed by atoms with Crippen LogP contribution in [0.15, 0.2) is 0 Å². The van der Waals surface area contributed by atoms with Crippen molar-refractivity contribution in [2.75, 3.05) is 26.2 Å². The largest absolute Gasteiger partial charge is 0.374 e. The molecule has 1 unspecified atom stereocenters. The lowest BCUT2D eigenvalue weighted by molar-refractivity contribution is 0.0258. The molecule has 70 valence electrons. The summed E-state index contributed by atoms with van der Waals surface area (Å²) < 4.78 is 5.57. The fourth-order valence-corrected chi connectivity index (χ4v) is 1.66. The molecular formula is C9H18N2O. The number of nitrogens with one attached hydrogen (secondary N) is 2. The Balaban J connectivity index is 1.58. The lowest BCUT2D eigenvalue weighted by atomic mass is 9.93. The third-order valence-corrected chi connectivity index (χ3v) is 2.74. The number of rotatable bonds is 3. The molecule has 12 heavy (non-hydrogen) atoms. The van der Waals surface area contributed by atoms with E-state index in [4.69, 9.17) is 4.74 Å². The highest BCUT2D eigenvalue weighted by atomic mass is 16.5. The molecule has 0 bridgehead atoms. The molecular weight excluding hydrogens is 152 g/mol. The van der Waals surface area contributed by atoms with Crippen LogP contribution in [0.3, 0.4) is 0 Å². The molecule has 0 radical (unpaired) electrons. The van der Waals surface area contributed by atoms with Crippen LogP contribution >= 0.6 is 0 Å². The predicted molar refractivity (Wildman–Crippen MR) is 48.3 cm³/mol. The number of hydrogen-bond acceptors (Lipinski definition) is 3. The average molecular weight is 170 g/mol. The summed E-state index contributed by atoms with van der Waals surface area (Å²) >= 11 is 0. The molecule has 3 heteroatoms. The van der Waals surface area contributed by atoms with E-state index in [0.717, 1.165) is 32.3 Å². The standard InChI is InChI=1S/C9H18N2O/c1-2-8(3-1)11-7-9-6-10-4-5-12-9/h8-11H,1-7H2. The summed E-state index contributed by atoms with van der Waals surface area (Å²) in [6, 6.07) is 0.788. The first-order valence-electron chi connectivity index (χ1n) is 5.01. The van der Waals surface area contributed by atoms with Crippen molar-refractivity contribution < 1.29 is 4.74 Å². The van der Waals surface area contributed by atoms with Crippen LogP contribution in [0.2, 0.25) is 0 Å². The van der Waals surface area contributed by atoms with Crippen molar-refractivity contribution in [3.8, 4) is 0 Å². The van der Waals surface area contributed by atoms with Crippen molar-refractivity contribution in [2.45, 2.75) is 31.4 Å². The van der Waals surface area contributed by atoms with Gasteiger partial charge in [0.25, 0.3) is 0 Å². The zero-order valence-corrected chi connectivity index (χ0v) is 7.51. The van der Waals surface area contributed by atoms with E-state index in [2.05, 4.69) is 10.6 Å². The highest BCUT2D eigenvalue weighted by molar-refractivity contribution is 4.79. The molecule has 1 saturated carbocycles. The first-order chi connectivity index (χ1) is 5.95. The summed E-state index contributed by atoms with van der Waals surface area (Å²) in [5.41, 5.74) is 0. The Kier molecular flexibility index (Phi) is 2.98. The van der Waals surface area contributed by atoms with Gasteiger partial charge in [-0.05, 0) is 12.8 Å². The lowest BCUT2D eigenvalue weighted by Gasteiger charge is -2.30. The van der Waals surface area contributed by atoms with Crippen LogP contribution in [0.1, 0.15) is 19.3 Å². The normalized spacial score (nSPS) is 31.5. The van der Waals surface area contributed by atoms with Crippen molar-refractivity contribution in [1.29, 1.82) is 0 Å². The summed E-state index contributed by atoms with van der Waals surface area (Å²) in [4.78, 5) is 0. The Morgan fingerprint density at radius 1 is 1.42 bits per heavy atom. The quantitative estimate of drug-likeness (QED) is 0.631. The molecule has 2 N–H and O–H groups in total. The van der Waals surface area contributed by atoms with Gasteiger partial charge in [0.05, 0.1) is 12.7 Å². The monoisotopic (exact) mass is 170 g/mol. The van der Waals surface area contributed by atoms with Crippen molar-refractivity contribution in [3.05, 3.63) is 0 Å². The van der Waals surface area contributed by atoms with Gasteiger partial charge in [0.15, 0.2) is 0 Å². The molecule has 0 aromatic heterocycles. The Labute approximate surface area is 73.9 Å². The van der Waals surface area contributed by atoms with Gasteiger partial charge in [0, 0.05) is 25.7 Å². The first-order valence-corrected chi connectivity index (χ1v) is 5.01. The van der Waals surface area contributed by atoms with Crippen molar-refractivity contribution in [2.24, 2.45) is 0 Å². The summed E-state index contributed by atoms with van der Waals surface area (Å²) in [5.74, 6) is 0. The summed E-state index contributed by atoms with van der Waals surface area (Å²) in [7, 11) is 0. The van der Waals surface area contributed by atoms with E-state index in [-0.39, 0.29) is 0 Å². The molecule has 2 fully saturated rings. The van der Waals surface area contributed by atoms with Crippen LogP contribution in [0.5, 0.6) is 0 Å². The molecule has 1 aliphatic heterocycles. The maximum Gasteiger partial charge on any atom is 0.0824 e. The molecule has 0 aromatic carbocycles. The summed E-state index contributed by atoms with van der Waals surface area (Å²) in [5, 5.41) is 6.85. The molecule has 1 saturated heterocycles. The number of ether oxygens (including phenoxy) is 1. The third kappa shape index (κ3) is 2.19. The van der Waals surface area contributed by atoms with Gasteiger partial charge in [-0.25, -0.2) is 0 Å². The summed E-state index contributed by atoms with van der Waals surface area (Å²) in [6.07, 6.45) is 4.53. The van der Waals surface area contributed by atoms with Crippen molar-refractivity contribution >= 4 is 0 Å². The predicted octanol–water partition coefficient (Wildman–Crippen LogP) is 0.117. The van der Waals surface area contributed by atoms with Crippen LogP contribution in [0, 0.1) is 0 Å². The van der Waals surface area contributed by atoms with Gasteiger partial charge in [0.1, 0.15) is 0 Å². The molecule has 2 rings (SSSR count). The SMILES string of the molecule is C1CC(NCC2CNCCO2)C1. The van der Waals surface area contributed by atoms with E-state index in [0.29, 0.717) is 6.10 Å². The van der Waals surface area contributed by atoms with Crippen LogP contribution in [0.4, 0.5) is 0 Å². The minimum atomic E-state index is 0.402. The number of morpholine rings is 1. The Hall–Kier alpha value is -0.120. The Bertz CT molecular complexity index is 130. The minimum absolute atomic E-state index is 0.402. The molecule has 0 aromatic rings. The second-order valence-corrected chi connectivity index (χ2v) is 3.73. The average Bonchev–Trinajstić information content (AvgIpc) is 2.04. The molecule has 1 atom stereocenters. The second-order valence-electron chi connectivity index (χ2n) is 3.73. The Morgan fingerprint density at radius 3 is 2.92 bits per heavy atom. The maximum absolute atomic E-state index is 5.57. The van der Waals surface area contributed by atoms with E-state index in [1.165, 1.54) is 19.3 Å². The highest BCUT2D eigenvalue weighted by Crippen LogP contribution is 2.17. The molecule has 1 heterocycles. The van der Waals surface area contributed by atoms with E-state index < -0.39 is 0 Å².